The number of nitrogens with zero attached hydrogens (tertiary/aromatic N) is 1. The molecule has 0 saturated carbocycles. The molecule has 0 aromatic heterocycles. The number of carbonyl (C=O) groups excluding carboxylic acids is 1. The molecule has 3 N–H and O–H groups in total. The minimum absolute atomic E-state index is 0.0279. The Hall–Kier alpha value is -1.75. The molecule has 5 heteroatoms. The van der Waals surface area contributed by atoms with E-state index in [1.54, 1.807) is 0 Å². The molecule has 2 aliphatic heterocycles. The van der Waals surface area contributed by atoms with Crippen molar-refractivity contribution >= 4 is 17.3 Å². The average Bonchev–Trinajstić information content (AvgIpc) is 3.00. The van der Waals surface area contributed by atoms with Crippen LogP contribution in [0, 0.1) is 5.92 Å². The topological polar surface area (TPSA) is 56.4 Å². The van der Waals surface area contributed by atoms with Crippen LogP contribution < -0.4 is 16.0 Å². The van der Waals surface area contributed by atoms with Gasteiger partial charge in [0.1, 0.15) is 0 Å². The Morgan fingerprint density at radius 3 is 2.90 bits per heavy atom. The number of likely N-dealkylation sites (tertiary alicyclic amines) is 1. The quantitative estimate of drug-likeness (QED) is 0.787. The SMILES string of the molecule is CCN1CCC(CNC(=O)c2ccc3c(c2)NCCN3)C1. The highest BCUT2D eigenvalue weighted by Crippen LogP contribution is 2.25. The molecule has 1 fully saturated rings. The first kappa shape index (κ1) is 14.2. The lowest BCUT2D eigenvalue weighted by molar-refractivity contribution is 0.0947. The normalized spacial score (nSPS) is 21.3. The Bertz CT molecular complexity index is 517. The van der Waals surface area contributed by atoms with Crippen molar-refractivity contribution in [2.24, 2.45) is 5.92 Å². The van der Waals surface area contributed by atoms with Crippen LogP contribution >= 0.6 is 0 Å². The van der Waals surface area contributed by atoms with Crippen molar-refractivity contribution in [3.63, 3.8) is 0 Å². The number of rotatable bonds is 4. The van der Waals surface area contributed by atoms with Crippen LogP contribution in [0.5, 0.6) is 0 Å². The maximum absolute atomic E-state index is 12.3. The van der Waals surface area contributed by atoms with Gasteiger partial charge in [0.15, 0.2) is 0 Å². The van der Waals surface area contributed by atoms with Gasteiger partial charge in [-0.25, -0.2) is 0 Å². The zero-order chi connectivity index (χ0) is 14.7. The van der Waals surface area contributed by atoms with Crippen LogP contribution in [-0.4, -0.2) is 50.1 Å². The van der Waals surface area contributed by atoms with Crippen molar-refractivity contribution < 1.29 is 4.79 Å². The van der Waals surface area contributed by atoms with E-state index in [0.29, 0.717) is 5.92 Å². The van der Waals surface area contributed by atoms with E-state index in [-0.39, 0.29) is 5.91 Å². The summed E-state index contributed by atoms with van der Waals surface area (Å²) in [6.07, 6.45) is 1.18. The van der Waals surface area contributed by atoms with Crippen LogP contribution in [0.25, 0.3) is 0 Å². The van der Waals surface area contributed by atoms with Gasteiger partial charge in [0.25, 0.3) is 5.91 Å². The predicted molar refractivity (Wildman–Crippen MR) is 86.0 cm³/mol. The third-order valence-electron chi connectivity index (χ3n) is 4.41. The summed E-state index contributed by atoms with van der Waals surface area (Å²) in [6, 6.07) is 5.80. The summed E-state index contributed by atoms with van der Waals surface area (Å²) in [4.78, 5) is 14.7. The second-order valence-corrected chi connectivity index (χ2v) is 5.87. The lowest BCUT2D eigenvalue weighted by atomic mass is 10.1. The van der Waals surface area contributed by atoms with Gasteiger partial charge in [-0.05, 0) is 43.6 Å². The first-order valence-electron chi connectivity index (χ1n) is 7.88. The Labute approximate surface area is 126 Å². The van der Waals surface area contributed by atoms with E-state index in [1.165, 1.54) is 6.42 Å². The first-order valence-corrected chi connectivity index (χ1v) is 7.88. The second-order valence-electron chi connectivity index (χ2n) is 5.87. The Morgan fingerprint density at radius 1 is 1.33 bits per heavy atom. The van der Waals surface area contributed by atoms with Crippen LogP contribution in [0.1, 0.15) is 23.7 Å². The average molecular weight is 288 g/mol. The van der Waals surface area contributed by atoms with E-state index in [0.717, 1.165) is 56.2 Å². The lowest BCUT2D eigenvalue weighted by Crippen LogP contribution is -2.31. The Morgan fingerprint density at radius 2 is 2.14 bits per heavy atom. The van der Waals surface area contributed by atoms with Crippen molar-refractivity contribution in [1.82, 2.24) is 10.2 Å². The molecule has 2 aliphatic rings. The van der Waals surface area contributed by atoms with Crippen LogP contribution in [0.15, 0.2) is 18.2 Å². The molecule has 1 unspecified atom stereocenters. The van der Waals surface area contributed by atoms with Crippen molar-refractivity contribution in [2.75, 3.05) is 49.9 Å². The molecule has 1 aromatic carbocycles. The predicted octanol–water partition coefficient (Wildman–Crippen LogP) is 1.60. The third-order valence-corrected chi connectivity index (χ3v) is 4.41. The largest absolute Gasteiger partial charge is 0.382 e. The molecule has 0 spiro atoms. The minimum atomic E-state index is 0.0279. The molecule has 0 bridgehead atoms. The molecule has 0 radical (unpaired) electrons. The number of hydrogen-bond acceptors (Lipinski definition) is 4. The first-order chi connectivity index (χ1) is 10.3. The van der Waals surface area contributed by atoms with E-state index in [4.69, 9.17) is 0 Å². The lowest BCUT2D eigenvalue weighted by Gasteiger charge is -2.20. The van der Waals surface area contributed by atoms with Crippen LogP contribution in [0.4, 0.5) is 11.4 Å². The van der Waals surface area contributed by atoms with Gasteiger partial charge in [-0.3, -0.25) is 4.79 Å². The van der Waals surface area contributed by atoms with E-state index in [9.17, 15) is 4.79 Å². The summed E-state index contributed by atoms with van der Waals surface area (Å²) < 4.78 is 0. The van der Waals surface area contributed by atoms with Crippen LogP contribution in [-0.2, 0) is 0 Å². The number of nitrogens with one attached hydrogen (secondary N) is 3. The van der Waals surface area contributed by atoms with Gasteiger partial charge >= 0.3 is 0 Å². The molecular formula is C16H24N4O. The smallest absolute Gasteiger partial charge is 0.251 e. The molecule has 1 aromatic rings. The fourth-order valence-corrected chi connectivity index (χ4v) is 3.09. The third kappa shape index (κ3) is 3.29. The molecule has 21 heavy (non-hydrogen) atoms. The number of amides is 1. The molecule has 114 valence electrons. The van der Waals surface area contributed by atoms with Crippen molar-refractivity contribution in [3.05, 3.63) is 23.8 Å². The van der Waals surface area contributed by atoms with Gasteiger partial charge < -0.3 is 20.9 Å². The number of fused-ring (bicyclic) bond motifs is 1. The van der Waals surface area contributed by atoms with Gasteiger partial charge in [0.05, 0.1) is 11.4 Å². The van der Waals surface area contributed by atoms with E-state index in [1.807, 2.05) is 18.2 Å². The molecule has 1 atom stereocenters. The maximum atomic E-state index is 12.3. The van der Waals surface area contributed by atoms with Gasteiger partial charge in [-0.15, -0.1) is 0 Å². The van der Waals surface area contributed by atoms with E-state index >= 15 is 0 Å². The van der Waals surface area contributed by atoms with E-state index < -0.39 is 0 Å². The summed E-state index contributed by atoms with van der Waals surface area (Å²) in [7, 11) is 0. The zero-order valence-corrected chi connectivity index (χ0v) is 12.6. The number of carbonyl (C=O) groups is 1. The highest BCUT2D eigenvalue weighted by atomic mass is 16.1. The number of hydrogen-bond donors (Lipinski definition) is 3. The fourth-order valence-electron chi connectivity index (χ4n) is 3.09. The summed E-state index contributed by atoms with van der Waals surface area (Å²) in [6.45, 7) is 8.15. The molecular weight excluding hydrogens is 264 g/mol. The summed E-state index contributed by atoms with van der Waals surface area (Å²) in [5, 5.41) is 9.71. The van der Waals surface area contributed by atoms with Crippen molar-refractivity contribution in [1.29, 1.82) is 0 Å². The Kier molecular flexibility index (Phi) is 4.29. The van der Waals surface area contributed by atoms with Crippen molar-refractivity contribution in [2.45, 2.75) is 13.3 Å². The second kappa shape index (κ2) is 6.35. The monoisotopic (exact) mass is 288 g/mol. The molecule has 5 nitrogen and oxygen atoms in total. The molecule has 3 rings (SSSR count). The summed E-state index contributed by atoms with van der Waals surface area (Å²) in [5.41, 5.74) is 2.83. The van der Waals surface area contributed by atoms with Crippen LogP contribution in [0.3, 0.4) is 0 Å². The summed E-state index contributed by atoms with van der Waals surface area (Å²) >= 11 is 0. The number of benzene rings is 1. The molecule has 2 heterocycles. The molecule has 1 amide bonds. The highest BCUT2D eigenvalue weighted by molar-refractivity contribution is 5.96. The van der Waals surface area contributed by atoms with Crippen LogP contribution in [0.2, 0.25) is 0 Å². The Balaban J connectivity index is 1.56. The van der Waals surface area contributed by atoms with E-state index in [2.05, 4.69) is 27.8 Å². The van der Waals surface area contributed by atoms with Gasteiger partial charge in [0.2, 0.25) is 0 Å². The zero-order valence-electron chi connectivity index (χ0n) is 12.6. The maximum Gasteiger partial charge on any atom is 0.251 e. The summed E-state index contributed by atoms with van der Waals surface area (Å²) in [5.74, 6) is 0.617. The molecule has 0 aliphatic carbocycles. The standard InChI is InChI=1S/C16H24N4O/c1-2-20-8-5-12(11-20)10-19-16(21)13-3-4-14-15(9-13)18-7-6-17-14/h3-4,9,12,17-18H,2,5-8,10-11H2,1H3,(H,19,21). The minimum Gasteiger partial charge on any atom is -0.382 e. The molecule has 1 saturated heterocycles. The fraction of sp³-hybridized carbons (Fsp3) is 0.562. The van der Waals surface area contributed by atoms with Gasteiger partial charge in [0, 0.05) is 31.7 Å². The van der Waals surface area contributed by atoms with Gasteiger partial charge in [-0.1, -0.05) is 6.92 Å². The van der Waals surface area contributed by atoms with Crippen molar-refractivity contribution in [3.8, 4) is 0 Å². The highest BCUT2D eigenvalue weighted by Gasteiger charge is 2.21. The number of anilines is 2. The van der Waals surface area contributed by atoms with Gasteiger partial charge in [-0.2, -0.15) is 0 Å².